The van der Waals surface area contributed by atoms with Gasteiger partial charge in [-0.3, -0.25) is 0 Å². The summed E-state index contributed by atoms with van der Waals surface area (Å²) < 4.78 is 37.6. The van der Waals surface area contributed by atoms with Gasteiger partial charge in [-0.25, -0.2) is 8.42 Å². The third-order valence-electron chi connectivity index (χ3n) is 9.03. The predicted octanol–water partition coefficient (Wildman–Crippen LogP) is 7.56. The molecule has 4 aromatic rings. The van der Waals surface area contributed by atoms with Gasteiger partial charge in [0, 0.05) is 47.5 Å². The number of nitrogens with zero attached hydrogens (tertiary/aromatic N) is 2. The average Bonchev–Trinajstić information content (AvgIpc) is 3.30. The number of allylic oxidation sites excluding steroid dienone is 4. The van der Waals surface area contributed by atoms with Gasteiger partial charge in [-0.1, -0.05) is 81.4 Å². The van der Waals surface area contributed by atoms with Gasteiger partial charge < -0.3 is 9.45 Å². The first kappa shape index (κ1) is 28.4. The van der Waals surface area contributed by atoms with E-state index in [4.69, 9.17) is 0 Å². The topological polar surface area (TPSA) is 63.5 Å². The molecule has 0 fully saturated rings. The van der Waals surface area contributed by atoms with Crippen LogP contribution in [-0.4, -0.2) is 42.1 Å². The summed E-state index contributed by atoms with van der Waals surface area (Å²) in [5, 5.41) is 4.81. The molecule has 5 nitrogen and oxygen atoms in total. The van der Waals surface area contributed by atoms with Crippen LogP contribution in [0.3, 0.4) is 0 Å². The molecule has 0 N–H and O–H groups in total. The molecule has 2 aliphatic rings. The second-order valence-electron chi connectivity index (χ2n) is 12.5. The van der Waals surface area contributed by atoms with Gasteiger partial charge in [-0.15, -0.1) is 0 Å². The first-order chi connectivity index (χ1) is 19.9. The number of hydrogen-bond acceptors (Lipinski definition) is 4. The third-order valence-corrected chi connectivity index (χ3v) is 9.71. The second kappa shape index (κ2) is 10.2. The van der Waals surface area contributed by atoms with Crippen LogP contribution in [-0.2, 0) is 20.9 Å². The molecule has 0 spiro atoms. The Balaban J connectivity index is 1.47. The summed E-state index contributed by atoms with van der Waals surface area (Å²) in [6.45, 7) is 12.2. The van der Waals surface area contributed by atoms with Crippen LogP contribution in [0, 0.1) is 0 Å². The quantitative estimate of drug-likeness (QED) is 0.168. The van der Waals surface area contributed by atoms with Crippen LogP contribution in [0.1, 0.15) is 52.2 Å². The number of benzene rings is 4. The lowest BCUT2D eigenvalue weighted by Gasteiger charge is -2.27. The third kappa shape index (κ3) is 4.58. The molecule has 0 unspecified atom stereocenters. The highest BCUT2D eigenvalue weighted by molar-refractivity contribution is 7.85. The van der Waals surface area contributed by atoms with Crippen LogP contribution in [0.2, 0.25) is 0 Å². The average molecular weight is 579 g/mol. The van der Waals surface area contributed by atoms with E-state index >= 15 is 0 Å². The van der Waals surface area contributed by atoms with Gasteiger partial charge in [0.05, 0.1) is 21.3 Å². The molecule has 42 heavy (non-hydrogen) atoms. The van der Waals surface area contributed by atoms with Gasteiger partial charge in [0.1, 0.15) is 6.54 Å². The second-order valence-corrected chi connectivity index (χ2v) is 14.0. The van der Waals surface area contributed by atoms with E-state index in [-0.39, 0.29) is 12.0 Å². The molecule has 0 radical (unpaired) electrons. The van der Waals surface area contributed by atoms with E-state index in [0.717, 1.165) is 40.7 Å². The van der Waals surface area contributed by atoms with Crippen molar-refractivity contribution in [1.82, 2.24) is 0 Å². The van der Waals surface area contributed by atoms with Gasteiger partial charge >= 0.3 is 0 Å². The fourth-order valence-corrected chi connectivity index (χ4v) is 7.62. The molecule has 0 aliphatic carbocycles. The lowest BCUT2D eigenvalue weighted by molar-refractivity contribution is -0.437. The highest BCUT2D eigenvalue weighted by Gasteiger charge is 2.45. The van der Waals surface area contributed by atoms with E-state index in [2.05, 4.69) is 118 Å². The molecule has 0 aromatic heterocycles. The summed E-state index contributed by atoms with van der Waals surface area (Å²) in [7, 11) is -4.38. The Morgan fingerprint density at radius 1 is 0.833 bits per heavy atom. The zero-order valence-corrected chi connectivity index (χ0v) is 25.8. The van der Waals surface area contributed by atoms with Crippen LogP contribution < -0.4 is 4.90 Å². The fourth-order valence-electron chi connectivity index (χ4n) is 7.21. The van der Waals surface area contributed by atoms with E-state index in [1.54, 1.807) is 0 Å². The van der Waals surface area contributed by atoms with Crippen molar-refractivity contribution in [1.29, 1.82) is 0 Å². The molecular weight excluding hydrogens is 540 g/mol. The van der Waals surface area contributed by atoms with Crippen molar-refractivity contribution in [3.63, 3.8) is 0 Å². The molecule has 2 aliphatic heterocycles. The number of rotatable bonds is 7. The Kier molecular flexibility index (Phi) is 6.90. The van der Waals surface area contributed by atoms with E-state index < -0.39 is 21.3 Å². The molecule has 2 heterocycles. The maximum Gasteiger partial charge on any atom is 0.210 e. The highest BCUT2D eigenvalue weighted by atomic mass is 32.2. The minimum atomic E-state index is -4.38. The molecule has 0 saturated carbocycles. The predicted molar refractivity (Wildman–Crippen MR) is 173 cm³/mol. The van der Waals surface area contributed by atoms with Crippen molar-refractivity contribution in [2.45, 2.75) is 51.9 Å². The van der Waals surface area contributed by atoms with Gasteiger partial charge in [0.25, 0.3) is 0 Å². The standard InChI is InChI=1S/C36H38N2O3S/c1-6-22-37-29-20-18-25-12-7-9-14-27(25)33(29)35(2,3)31(37)16-11-17-32-36(4,5)34-28-15-10-8-13-26(28)19-21-30(34)38(32)23-24-42(39,40)41/h7-21H,6,22-24H2,1-5H3. The van der Waals surface area contributed by atoms with Gasteiger partial charge in [-0.2, -0.15) is 4.58 Å². The smallest absolute Gasteiger partial charge is 0.210 e. The van der Waals surface area contributed by atoms with E-state index in [9.17, 15) is 13.0 Å². The molecule has 6 rings (SSSR count). The lowest BCUT2D eigenvalue weighted by atomic mass is 9.79. The number of hydrogen-bond donors (Lipinski definition) is 0. The van der Waals surface area contributed by atoms with Gasteiger partial charge in [-0.05, 0) is 59.2 Å². The zero-order valence-electron chi connectivity index (χ0n) is 25.0. The van der Waals surface area contributed by atoms with Crippen molar-refractivity contribution in [3.8, 4) is 0 Å². The largest absolute Gasteiger partial charge is 0.748 e. The van der Waals surface area contributed by atoms with E-state index in [1.165, 1.54) is 27.7 Å². The minimum absolute atomic E-state index is 0.113. The summed E-state index contributed by atoms with van der Waals surface area (Å²) in [4.78, 5) is 2.03. The maximum atomic E-state index is 11.7. The molecule has 0 amide bonds. The normalized spacial score (nSPS) is 18.5. The molecule has 0 saturated heterocycles. The molecular formula is C36H38N2O3S. The maximum absolute atomic E-state index is 11.7. The highest BCUT2D eigenvalue weighted by Crippen LogP contribution is 2.51. The van der Waals surface area contributed by atoms with E-state index in [1.807, 2.05) is 17.0 Å². The summed E-state index contributed by atoms with van der Waals surface area (Å²) in [5.74, 6) is -0.451. The Hall–Kier alpha value is -3.74. The summed E-state index contributed by atoms with van der Waals surface area (Å²) >= 11 is 0. The van der Waals surface area contributed by atoms with Gasteiger partial charge in [0.15, 0.2) is 5.71 Å². The Labute approximate surface area is 249 Å². The summed E-state index contributed by atoms with van der Waals surface area (Å²) in [5.41, 5.74) is 6.34. The number of fused-ring (bicyclic) bond motifs is 6. The Morgan fingerprint density at radius 2 is 1.45 bits per heavy atom. The summed E-state index contributed by atoms with van der Waals surface area (Å²) in [6, 6.07) is 25.5. The monoisotopic (exact) mass is 578 g/mol. The van der Waals surface area contributed by atoms with Crippen LogP contribution in [0.5, 0.6) is 0 Å². The van der Waals surface area contributed by atoms with Gasteiger partial charge in [0.2, 0.25) is 5.69 Å². The van der Waals surface area contributed by atoms with Crippen LogP contribution in [0.4, 0.5) is 11.4 Å². The molecule has 216 valence electrons. The molecule has 6 heteroatoms. The lowest BCUT2D eigenvalue weighted by Crippen LogP contribution is -2.30. The van der Waals surface area contributed by atoms with Crippen LogP contribution in [0.15, 0.2) is 96.7 Å². The summed E-state index contributed by atoms with van der Waals surface area (Å²) in [6.07, 6.45) is 7.46. The Bertz CT molecular complexity index is 1930. The molecule has 4 aromatic carbocycles. The van der Waals surface area contributed by atoms with Crippen molar-refractivity contribution in [3.05, 3.63) is 108 Å². The first-order valence-corrected chi connectivity index (χ1v) is 16.3. The minimum Gasteiger partial charge on any atom is -0.748 e. The van der Waals surface area contributed by atoms with Crippen molar-refractivity contribution in [2.24, 2.45) is 0 Å². The SMILES string of the molecule is CCC[N+]1=C(/C=C/C=C2/N(CCS(=O)(=O)[O-])c3ccc4ccccc4c3C2(C)C)C(C)(C)c2c1ccc1ccccc21. The van der Waals surface area contributed by atoms with Crippen molar-refractivity contribution in [2.75, 3.05) is 23.7 Å². The van der Waals surface area contributed by atoms with Crippen LogP contribution in [0.25, 0.3) is 21.5 Å². The van der Waals surface area contributed by atoms with Crippen molar-refractivity contribution < 1.29 is 17.5 Å². The fraction of sp³-hybridized carbons (Fsp3) is 0.306. The van der Waals surface area contributed by atoms with E-state index in [0.29, 0.717) is 0 Å². The molecule has 0 atom stereocenters. The zero-order chi connectivity index (χ0) is 29.9. The Morgan fingerprint density at radius 3 is 2.10 bits per heavy atom. The molecule has 0 bridgehead atoms. The van der Waals surface area contributed by atoms with Crippen LogP contribution >= 0.6 is 0 Å². The number of anilines is 1. The van der Waals surface area contributed by atoms with Crippen molar-refractivity contribution >= 4 is 48.7 Å². The first-order valence-electron chi connectivity index (χ1n) is 14.7.